The minimum Gasteiger partial charge on any atom is -0.495 e. The zero-order valence-corrected chi connectivity index (χ0v) is 18.0. The van der Waals surface area contributed by atoms with E-state index < -0.39 is 0 Å². The highest BCUT2D eigenvalue weighted by Crippen LogP contribution is 2.38. The zero-order valence-electron chi connectivity index (χ0n) is 18.0. The van der Waals surface area contributed by atoms with E-state index in [-0.39, 0.29) is 11.7 Å². The Balaban J connectivity index is 1.33. The largest absolute Gasteiger partial charge is 0.495 e. The number of methoxy groups -OCH3 is 1. The van der Waals surface area contributed by atoms with Crippen LogP contribution in [0.2, 0.25) is 0 Å². The Kier molecular flexibility index (Phi) is 5.43. The van der Waals surface area contributed by atoms with Gasteiger partial charge in [0.2, 0.25) is 0 Å². The third kappa shape index (κ3) is 3.82. The van der Waals surface area contributed by atoms with Crippen molar-refractivity contribution in [3.05, 3.63) is 64.6 Å². The molecule has 2 aliphatic rings. The number of piperidine rings is 1. The van der Waals surface area contributed by atoms with Crippen molar-refractivity contribution in [2.24, 2.45) is 5.92 Å². The first-order valence-electron chi connectivity index (χ1n) is 11.4. The van der Waals surface area contributed by atoms with Gasteiger partial charge in [-0.15, -0.1) is 0 Å². The van der Waals surface area contributed by atoms with Crippen molar-refractivity contribution < 1.29 is 13.9 Å². The average Bonchev–Trinajstić information content (AvgIpc) is 3.19. The lowest BCUT2D eigenvalue weighted by Crippen LogP contribution is -2.39. The van der Waals surface area contributed by atoms with Gasteiger partial charge in [0.15, 0.2) is 0 Å². The predicted octanol–water partition coefficient (Wildman–Crippen LogP) is 5.29. The van der Waals surface area contributed by atoms with Gasteiger partial charge in [-0.2, -0.15) is 0 Å². The van der Waals surface area contributed by atoms with Gasteiger partial charge in [0, 0.05) is 29.7 Å². The third-order valence-corrected chi connectivity index (χ3v) is 6.99. The molecule has 2 heterocycles. The first kappa shape index (κ1) is 20.1. The van der Waals surface area contributed by atoms with Gasteiger partial charge in [-0.25, -0.2) is 4.39 Å². The van der Waals surface area contributed by atoms with Crippen molar-refractivity contribution in [2.75, 3.05) is 20.2 Å². The van der Waals surface area contributed by atoms with Crippen molar-refractivity contribution in [2.45, 2.75) is 44.9 Å². The standard InChI is InChI=1S/C26H29FN2O2/c1-31-25-21(10-11-23-24(25)20-4-2-3-5-22(20)28-23)26(30)29-14-12-18(13-15-29)16-17-6-8-19(27)9-7-17/h6-11,18,28H,2-5,12-16H2,1H3. The summed E-state index contributed by atoms with van der Waals surface area (Å²) >= 11 is 0. The van der Waals surface area contributed by atoms with Crippen LogP contribution >= 0.6 is 0 Å². The number of carbonyl (C=O) groups is 1. The van der Waals surface area contributed by atoms with Crippen LogP contribution < -0.4 is 4.74 Å². The molecule has 1 aliphatic carbocycles. The number of hydrogen-bond acceptors (Lipinski definition) is 2. The van der Waals surface area contributed by atoms with Gasteiger partial charge >= 0.3 is 0 Å². The van der Waals surface area contributed by atoms with E-state index in [0.29, 0.717) is 11.5 Å². The van der Waals surface area contributed by atoms with Gasteiger partial charge in [-0.05, 0) is 86.3 Å². The van der Waals surface area contributed by atoms with Crippen molar-refractivity contribution in [3.63, 3.8) is 0 Å². The second-order valence-corrected chi connectivity index (χ2v) is 8.92. The topological polar surface area (TPSA) is 45.3 Å². The quantitative estimate of drug-likeness (QED) is 0.623. The number of aromatic amines is 1. The lowest BCUT2D eigenvalue weighted by atomic mass is 9.89. The van der Waals surface area contributed by atoms with E-state index in [9.17, 15) is 9.18 Å². The Morgan fingerprint density at radius 2 is 1.84 bits per heavy atom. The van der Waals surface area contributed by atoms with Crippen molar-refractivity contribution >= 4 is 16.8 Å². The normalized spacial score (nSPS) is 17.0. The molecule has 3 aromatic rings. The number of halogens is 1. The summed E-state index contributed by atoms with van der Waals surface area (Å²) in [5, 5.41) is 1.09. The molecule has 31 heavy (non-hydrogen) atoms. The monoisotopic (exact) mass is 420 g/mol. The average molecular weight is 421 g/mol. The van der Waals surface area contributed by atoms with Crippen LogP contribution in [0.15, 0.2) is 36.4 Å². The van der Waals surface area contributed by atoms with Gasteiger partial charge < -0.3 is 14.6 Å². The first-order valence-corrected chi connectivity index (χ1v) is 11.4. The summed E-state index contributed by atoms with van der Waals surface area (Å²) in [5.74, 6) is 1.11. The molecule has 0 bridgehead atoms. The van der Waals surface area contributed by atoms with E-state index in [1.54, 1.807) is 7.11 Å². The van der Waals surface area contributed by atoms with Crippen LogP contribution in [-0.4, -0.2) is 36.0 Å². The number of benzene rings is 2. The Bertz CT molecular complexity index is 1090. The number of H-pyrrole nitrogens is 1. The van der Waals surface area contributed by atoms with E-state index in [1.807, 2.05) is 29.2 Å². The third-order valence-electron chi connectivity index (χ3n) is 6.99. The maximum absolute atomic E-state index is 13.4. The van der Waals surface area contributed by atoms with E-state index >= 15 is 0 Å². The number of aromatic nitrogens is 1. The fraction of sp³-hybridized carbons (Fsp3) is 0.423. The number of hydrogen-bond donors (Lipinski definition) is 1. The highest BCUT2D eigenvalue weighted by Gasteiger charge is 2.28. The first-order chi connectivity index (χ1) is 15.1. The van der Waals surface area contributed by atoms with Gasteiger partial charge in [-0.3, -0.25) is 4.79 Å². The van der Waals surface area contributed by atoms with Crippen molar-refractivity contribution in [3.8, 4) is 5.75 Å². The second-order valence-electron chi connectivity index (χ2n) is 8.92. The molecule has 1 aromatic heterocycles. The number of nitrogens with one attached hydrogen (secondary N) is 1. The Hall–Kier alpha value is -2.82. The van der Waals surface area contributed by atoms with E-state index in [4.69, 9.17) is 4.74 Å². The minimum atomic E-state index is -0.196. The van der Waals surface area contributed by atoms with Crippen molar-refractivity contribution in [1.29, 1.82) is 0 Å². The number of ether oxygens (including phenoxy) is 1. The maximum atomic E-state index is 13.4. The molecule has 4 nitrogen and oxygen atoms in total. The Labute approximate surface area is 182 Å². The fourth-order valence-corrected chi connectivity index (χ4v) is 5.31. The van der Waals surface area contributed by atoms with Crippen LogP contribution in [0.25, 0.3) is 10.9 Å². The SMILES string of the molecule is COc1c(C(=O)N2CCC(Cc3ccc(F)cc3)CC2)ccc2[nH]c3c(c12)CCCC3. The Morgan fingerprint density at radius 3 is 2.58 bits per heavy atom. The molecule has 1 N–H and O–H groups in total. The number of likely N-dealkylation sites (tertiary alicyclic amines) is 1. The summed E-state index contributed by atoms with van der Waals surface area (Å²) in [6.45, 7) is 1.49. The number of fused-ring (bicyclic) bond motifs is 3. The second kappa shape index (κ2) is 8.37. The molecule has 1 saturated heterocycles. The summed E-state index contributed by atoms with van der Waals surface area (Å²) in [6, 6.07) is 10.7. The van der Waals surface area contributed by atoms with Crippen LogP contribution in [0, 0.1) is 11.7 Å². The molecule has 0 radical (unpaired) electrons. The number of nitrogens with zero attached hydrogens (tertiary/aromatic N) is 1. The Morgan fingerprint density at radius 1 is 1.10 bits per heavy atom. The smallest absolute Gasteiger partial charge is 0.257 e. The molecule has 0 saturated carbocycles. The minimum absolute atomic E-state index is 0.0599. The van der Waals surface area contributed by atoms with Gasteiger partial charge in [-0.1, -0.05) is 12.1 Å². The van der Waals surface area contributed by atoms with Crippen molar-refractivity contribution in [1.82, 2.24) is 9.88 Å². The summed E-state index contributed by atoms with van der Waals surface area (Å²) < 4.78 is 18.9. The van der Waals surface area contributed by atoms with Crippen LogP contribution in [0.4, 0.5) is 4.39 Å². The van der Waals surface area contributed by atoms with Gasteiger partial charge in [0.25, 0.3) is 5.91 Å². The molecule has 5 heteroatoms. The van der Waals surface area contributed by atoms with Gasteiger partial charge in [0.1, 0.15) is 11.6 Å². The van der Waals surface area contributed by atoms with Crippen LogP contribution in [0.3, 0.4) is 0 Å². The zero-order chi connectivity index (χ0) is 21.4. The van der Waals surface area contributed by atoms with Crippen LogP contribution in [0.1, 0.15) is 52.9 Å². The summed E-state index contributed by atoms with van der Waals surface area (Å²) in [5.41, 5.74) is 5.52. The van der Waals surface area contributed by atoms with Crippen LogP contribution in [0.5, 0.6) is 5.75 Å². The molecule has 1 amide bonds. The van der Waals surface area contributed by atoms with E-state index in [1.165, 1.54) is 36.2 Å². The highest BCUT2D eigenvalue weighted by atomic mass is 19.1. The van der Waals surface area contributed by atoms with Crippen LogP contribution in [-0.2, 0) is 19.3 Å². The highest BCUT2D eigenvalue weighted by molar-refractivity contribution is 6.04. The fourth-order valence-electron chi connectivity index (χ4n) is 5.31. The molecular weight excluding hydrogens is 391 g/mol. The molecule has 0 spiro atoms. The lowest BCUT2D eigenvalue weighted by molar-refractivity contribution is 0.0687. The molecule has 162 valence electrons. The molecule has 2 aromatic carbocycles. The molecule has 0 atom stereocenters. The molecule has 1 fully saturated rings. The van der Waals surface area contributed by atoms with E-state index in [0.717, 1.165) is 67.4 Å². The molecular formula is C26H29FN2O2. The maximum Gasteiger partial charge on any atom is 0.257 e. The van der Waals surface area contributed by atoms with Gasteiger partial charge in [0.05, 0.1) is 12.7 Å². The molecule has 0 unspecified atom stereocenters. The number of aryl methyl sites for hydroxylation is 2. The number of amides is 1. The lowest BCUT2D eigenvalue weighted by Gasteiger charge is -2.32. The predicted molar refractivity (Wildman–Crippen MR) is 120 cm³/mol. The molecule has 1 aliphatic heterocycles. The number of rotatable bonds is 4. The summed E-state index contributed by atoms with van der Waals surface area (Å²) in [4.78, 5) is 18.9. The number of carbonyl (C=O) groups excluding carboxylic acids is 1. The van der Waals surface area contributed by atoms with E-state index in [2.05, 4.69) is 4.98 Å². The molecule has 5 rings (SSSR count). The summed E-state index contributed by atoms with van der Waals surface area (Å²) in [7, 11) is 1.67. The summed E-state index contributed by atoms with van der Waals surface area (Å²) in [6.07, 6.45) is 7.37.